The molecule has 0 aliphatic rings. The highest BCUT2D eigenvalue weighted by atomic mass is 32.2. The Kier molecular flexibility index (Phi) is 8.64. The lowest BCUT2D eigenvalue weighted by molar-refractivity contribution is -0.120. The fourth-order valence-corrected chi connectivity index (χ4v) is 2.92. The number of thioether (sulfide) groups is 1. The average Bonchev–Trinajstić information content (AvgIpc) is 2.68. The molecule has 6 nitrogen and oxygen atoms in total. The first-order valence-electron chi connectivity index (χ1n) is 8.94. The summed E-state index contributed by atoms with van der Waals surface area (Å²) < 4.78 is 11.3. The molecule has 1 N–H and O–H groups in total. The van der Waals surface area contributed by atoms with Gasteiger partial charge in [-0.15, -0.1) is 0 Å². The van der Waals surface area contributed by atoms with Crippen LogP contribution in [0.1, 0.15) is 32.8 Å². The molecule has 2 rings (SSSR count). The number of nitrogens with zero attached hydrogens (tertiary/aromatic N) is 2. The minimum atomic E-state index is -0.305. The molecule has 0 aliphatic heterocycles. The topological polar surface area (TPSA) is 72.8 Å². The van der Waals surface area contributed by atoms with Gasteiger partial charge in [-0.2, -0.15) is 5.10 Å². The molecule has 1 atom stereocenters. The SMILES string of the molecule is CCCOc1ccc(C=NNC(=O)C(C)Sc2ccccn2)cc1OCC. The summed E-state index contributed by atoms with van der Waals surface area (Å²) in [6.07, 6.45) is 4.21. The Morgan fingerprint density at radius 2 is 2.11 bits per heavy atom. The Hall–Kier alpha value is -2.54. The standard InChI is InChI=1S/C20H25N3O3S/c1-4-12-26-17-10-9-16(13-18(17)25-5-2)14-22-23-20(24)15(3)27-19-8-6-7-11-21-19/h6-11,13-15H,4-5,12H2,1-3H3,(H,23,24). The van der Waals surface area contributed by atoms with Crippen molar-refractivity contribution in [2.45, 2.75) is 37.5 Å². The molecule has 1 aromatic carbocycles. The minimum absolute atomic E-state index is 0.185. The fraction of sp³-hybridized carbons (Fsp3) is 0.350. The molecule has 0 saturated carbocycles. The molecule has 2 aromatic rings. The number of ether oxygens (including phenoxy) is 2. The maximum Gasteiger partial charge on any atom is 0.253 e. The van der Waals surface area contributed by atoms with Crippen LogP contribution in [0.15, 0.2) is 52.7 Å². The van der Waals surface area contributed by atoms with Crippen LogP contribution in [0.5, 0.6) is 11.5 Å². The molecule has 1 heterocycles. The van der Waals surface area contributed by atoms with Crippen molar-refractivity contribution in [3.05, 3.63) is 48.2 Å². The predicted octanol–water partition coefficient (Wildman–Crippen LogP) is 3.90. The van der Waals surface area contributed by atoms with E-state index in [9.17, 15) is 4.79 Å². The number of nitrogens with one attached hydrogen (secondary N) is 1. The lowest BCUT2D eigenvalue weighted by Gasteiger charge is -2.12. The van der Waals surface area contributed by atoms with Gasteiger partial charge in [0.05, 0.1) is 29.7 Å². The van der Waals surface area contributed by atoms with Crippen molar-refractivity contribution in [1.82, 2.24) is 10.4 Å². The number of aromatic nitrogens is 1. The first kappa shape index (κ1) is 20.8. The van der Waals surface area contributed by atoms with Gasteiger partial charge >= 0.3 is 0 Å². The van der Waals surface area contributed by atoms with Crippen molar-refractivity contribution in [2.75, 3.05) is 13.2 Å². The van der Waals surface area contributed by atoms with Crippen LogP contribution in [0.3, 0.4) is 0 Å². The van der Waals surface area contributed by atoms with Crippen LogP contribution < -0.4 is 14.9 Å². The van der Waals surface area contributed by atoms with Crippen LogP contribution in [0.2, 0.25) is 0 Å². The molecule has 0 fully saturated rings. The summed E-state index contributed by atoms with van der Waals surface area (Å²) in [7, 11) is 0. The van der Waals surface area contributed by atoms with E-state index in [4.69, 9.17) is 9.47 Å². The van der Waals surface area contributed by atoms with Crippen molar-refractivity contribution in [2.24, 2.45) is 5.10 Å². The summed E-state index contributed by atoms with van der Waals surface area (Å²) in [6.45, 7) is 6.97. The first-order valence-corrected chi connectivity index (χ1v) is 9.82. The Morgan fingerprint density at radius 3 is 2.81 bits per heavy atom. The molecule has 0 bridgehead atoms. The number of pyridine rings is 1. The van der Waals surface area contributed by atoms with E-state index in [0.29, 0.717) is 24.7 Å². The second-order valence-electron chi connectivity index (χ2n) is 5.65. The number of hydrogen-bond acceptors (Lipinski definition) is 6. The number of hydrazone groups is 1. The van der Waals surface area contributed by atoms with E-state index in [1.54, 1.807) is 12.4 Å². The van der Waals surface area contributed by atoms with Gasteiger partial charge in [0, 0.05) is 6.20 Å². The molecule has 144 valence electrons. The number of carbonyl (C=O) groups excluding carboxylic acids is 1. The van der Waals surface area contributed by atoms with E-state index in [0.717, 1.165) is 17.0 Å². The van der Waals surface area contributed by atoms with Gasteiger partial charge in [-0.1, -0.05) is 24.8 Å². The Labute approximate surface area is 164 Å². The molecule has 7 heteroatoms. The Bertz CT molecular complexity index is 753. The highest BCUT2D eigenvalue weighted by molar-refractivity contribution is 8.00. The first-order chi connectivity index (χ1) is 13.1. The second kappa shape index (κ2) is 11.2. The van der Waals surface area contributed by atoms with Crippen LogP contribution >= 0.6 is 11.8 Å². The zero-order chi connectivity index (χ0) is 19.5. The second-order valence-corrected chi connectivity index (χ2v) is 7.01. The molecule has 0 radical (unpaired) electrons. The summed E-state index contributed by atoms with van der Waals surface area (Å²) in [4.78, 5) is 16.4. The summed E-state index contributed by atoms with van der Waals surface area (Å²) >= 11 is 1.38. The molecule has 1 amide bonds. The molecule has 27 heavy (non-hydrogen) atoms. The van der Waals surface area contributed by atoms with Crippen LogP contribution in [-0.2, 0) is 4.79 Å². The summed E-state index contributed by atoms with van der Waals surface area (Å²) in [5.41, 5.74) is 3.37. The Balaban J connectivity index is 1.94. The van der Waals surface area contributed by atoms with E-state index in [1.165, 1.54) is 11.8 Å². The highest BCUT2D eigenvalue weighted by Crippen LogP contribution is 2.28. The van der Waals surface area contributed by atoms with Gasteiger partial charge < -0.3 is 9.47 Å². The third kappa shape index (κ3) is 6.94. The van der Waals surface area contributed by atoms with Gasteiger partial charge in [-0.05, 0) is 56.2 Å². The van der Waals surface area contributed by atoms with E-state index >= 15 is 0 Å². The van der Waals surface area contributed by atoms with Crippen molar-refractivity contribution in [3.63, 3.8) is 0 Å². The Morgan fingerprint density at radius 1 is 1.26 bits per heavy atom. The van der Waals surface area contributed by atoms with Crippen molar-refractivity contribution in [3.8, 4) is 11.5 Å². The number of rotatable bonds is 10. The number of hydrogen-bond donors (Lipinski definition) is 1. The molecule has 0 saturated heterocycles. The zero-order valence-electron chi connectivity index (χ0n) is 15.8. The van der Waals surface area contributed by atoms with Gasteiger partial charge in [0.15, 0.2) is 11.5 Å². The van der Waals surface area contributed by atoms with Gasteiger partial charge in [0.2, 0.25) is 0 Å². The van der Waals surface area contributed by atoms with Crippen LogP contribution in [-0.4, -0.2) is 35.6 Å². The van der Waals surface area contributed by atoms with E-state index < -0.39 is 0 Å². The van der Waals surface area contributed by atoms with Crippen molar-refractivity contribution >= 4 is 23.9 Å². The van der Waals surface area contributed by atoms with Crippen LogP contribution in [0.4, 0.5) is 0 Å². The normalized spacial score (nSPS) is 12.0. The average molecular weight is 388 g/mol. The quantitative estimate of drug-likeness (QED) is 0.380. The smallest absolute Gasteiger partial charge is 0.253 e. The van der Waals surface area contributed by atoms with Gasteiger partial charge in [-0.25, -0.2) is 10.4 Å². The molecule has 0 aliphatic carbocycles. The third-order valence-corrected chi connectivity index (χ3v) is 4.47. The molecular weight excluding hydrogens is 362 g/mol. The lowest BCUT2D eigenvalue weighted by Crippen LogP contribution is -2.26. The maximum atomic E-state index is 12.2. The van der Waals surface area contributed by atoms with Gasteiger partial charge in [-0.3, -0.25) is 4.79 Å². The summed E-state index contributed by atoms with van der Waals surface area (Å²) in [6, 6.07) is 11.2. The lowest BCUT2D eigenvalue weighted by atomic mass is 10.2. The fourth-order valence-electron chi connectivity index (χ4n) is 2.12. The third-order valence-electron chi connectivity index (χ3n) is 3.42. The van der Waals surface area contributed by atoms with Crippen LogP contribution in [0.25, 0.3) is 0 Å². The summed E-state index contributed by atoms with van der Waals surface area (Å²) in [5.74, 6) is 1.19. The zero-order valence-corrected chi connectivity index (χ0v) is 16.7. The number of benzene rings is 1. The molecule has 0 spiro atoms. The predicted molar refractivity (Wildman–Crippen MR) is 109 cm³/mol. The highest BCUT2D eigenvalue weighted by Gasteiger charge is 2.14. The minimum Gasteiger partial charge on any atom is -0.490 e. The molecular formula is C20H25N3O3S. The van der Waals surface area contributed by atoms with Gasteiger partial charge in [0.25, 0.3) is 5.91 Å². The van der Waals surface area contributed by atoms with Crippen molar-refractivity contribution < 1.29 is 14.3 Å². The van der Waals surface area contributed by atoms with E-state index in [1.807, 2.05) is 50.2 Å². The van der Waals surface area contributed by atoms with Crippen LogP contribution in [0, 0.1) is 0 Å². The number of carbonyl (C=O) groups is 1. The van der Waals surface area contributed by atoms with E-state index in [2.05, 4.69) is 22.4 Å². The molecule has 1 unspecified atom stereocenters. The molecule has 1 aromatic heterocycles. The van der Waals surface area contributed by atoms with Crippen molar-refractivity contribution in [1.29, 1.82) is 0 Å². The van der Waals surface area contributed by atoms with Gasteiger partial charge in [0.1, 0.15) is 0 Å². The monoisotopic (exact) mass is 387 g/mol. The summed E-state index contributed by atoms with van der Waals surface area (Å²) in [5, 5.41) is 4.54. The largest absolute Gasteiger partial charge is 0.490 e. The van der Waals surface area contributed by atoms with E-state index in [-0.39, 0.29) is 11.2 Å². The number of amides is 1. The maximum absolute atomic E-state index is 12.2.